The van der Waals surface area contributed by atoms with Gasteiger partial charge in [-0.1, -0.05) is 6.07 Å². The molecule has 0 aromatic heterocycles. The second-order valence-electron chi connectivity index (χ2n) is 7.02. The van der Waals surface area contributed by atoms with Crippen molar-refractivity contribution in [2.45, 2.75) is 26.3 Å². The van der Waals surface area contributed by atoms with Crippen molar-refractivity contribution < 1.29 is 23.5 Å². The smallest absolute Gasteiger partial charge is 0.325 e. The van der Waals surface area contributed by atoms with Gasteiger partial charge < -0.3 is 10.1 Å². The van der Waals surface area contributed by atoms with E-state index < -0.39 is 35.6 Å². The number of amides is 3. The zero-order valence-electron chi connectivity index (χ0n) is 16.1. The summed E-state index contributed by atoms with van der Waals surface area (Å²) >= 11 is 0. The number of carbonyl (C=O) groups is 3. The number of hydrogen-bond acceptors (Lipinski definition) is 4. The van der Waals surface area contributed by atoms with E-state index in [4.69, 9.17) is 4.74 Å². The van der Waals surface area contributed by atoms with Crippen molar-refractivity contribution in [3.63, 3.8) is 0 Å². The first kappa shape index (κ1) is 19.5. The predicted molar refractivity (Wildman–Crippen MR) is 101 cm³/mol. The molecule has 1 N–H and O–H groups in total. The molecular weight excluding hydrogens is 363 g/mol. The minimum atomic E-state index is -1.28. The summed E-state index contributed by atoms with van der Waals surface area (Å²) in [7, 11) is 1.55. The normalized spacial score (nSPS) is 19.0. The molecule has 0 bridgehead atoms. The molecule has 0 saturated carbocycles. The molecule has 0 spiro atoms. The monoisotopic (exact) mass is 384 g/mol. The van der Waals surface area contributed by atoms with Crippen LogP contribution in [0.5, 0.6) is 5.75 Å². The van der Waals surface area contributed by atoms with Crippen molar-refractivity contribution in [1.29, 1.82) is 0 Å². The number of urea groups is 1. The summed E-state index contributed by atoms with van der Waals surface area (Å²) in [5.41, 5.74) is 0.693. The second-order valence-corrected chi connectivity index (χ2v) is 7.02. The molecule has 1 atom stereocenters. The van der Waals surface area contributed by atoms with Crippen LogP contribution in [-0.4, -0.2) is 36.3 Å². The van der Waals surface area contributed by atoms with Crippen molar-refractivity contribution >= 4 is 17.7 Å². The Morgan fingerprint density at radius 3 is 2.46 bits per heavy atom. The molecule has 1 aliphatic rings. The third-order valence-electron chi connectivity index (χ3n) is 5.03. The third kappa shape index (κ3) is 3.24. The molecule has 0 radical (unpaired) electrons. The van der Waals surface area contributed by atoms with Crippen LogP contribution in [-0.2, 0) is 10.3 Å². The van der Waals surface area contributed by atoms with Crippen molar-refractivity contribution in [3.8, 4) is 5.75 Å². The van der Waals surface area contributed by atoms with Gasteiger partial charge in [0.1, 0.15) is 17.1 Å². The summed E-state index contributed by atoms with van der Waals surface area (Å²) in [6.07, 6.45) is 0. The van der Waals surface area contributed by atoms with Crippen LogP contribution in [0.15, 0.2) is 36.4 Å². The molecule has 1 saturated heterocycles. The number of carbonyl (C=O) groups excluding carboxylic acids is 3. The van der Waals surface area contributed by atoms with Crippen LogP contribution in [0, 0.1) is 19.7 Å². The number of halogens is 1. The Morgan fingerprint density at radius 1 is 1.14 bits per heavy atom. The molecule has 0 aliphatic carbocycles. The van der Waals surface area contributed by atoms with Gasteiger partial charge in [-0.25, -0.2) is 9.18 Å². The maximum atomic E-state index is 13.4. The first-order valence-electron chi connectivity index (χ1n) is 8.76. The molecule has 1 heterocycles. The number of ether oxygens (including phenoxy) is 1. The van der Waals surface area contributed by atoms with Crippen LogP contribution < -0.4 is 10.1 Å². The molecule has 28 heavy (non-hydrogen) atoms. The van der Waals surface area contributed by atoms with E-state index >= 15 is 0 Å². The lowest BCUT2D eigenvalue weighted by Gasteiger charge is -2.23. The summed E-state index contributed by atoms with van der Waals surface area (Å²) in [5, 5.41) is 2.67. The minimum Gasteiger partial charge on any atom is -0.496 e. The topological polar surface area (TPSA) is 75.7 Å². The number of benzene rings is 2. The highest BCUT2D eigenvalue weighted by atomic mass is 19.1. The fourth-order valence-electron chi connectivity index (χ4n) is 3.28. The van der Waals surface area contributed by atoms with Gasteiger partial charge in [0.15, 0.2) is 5.78 Å². The number of aryl methyl sites for hydroxylation is 2. The zero-order valence-corrected chi connectivity index (χ0v) is 16.1. The first-order valence-corrected chi connectivity index (χ1v) is 8.76. The molecule has 1 fully saturated rings. The molecule has 1 aliphatic heterocycles. The molecule has 6 nitrogen and oxygen atoms in total. The minimum absolute atomic E-state index is 0.244. The predicted octanol–water partition coefficient (Wildman–Crippen LogP) is 3.10. The molecule has 3 rings (SSSR count). The van der Waals surface area contributed by atoms with Crippen molar-refractivity contribution in [2.75, 3.05) is 13.7 Å². The fraction of sp³-hybridized carbons (Fsp3) is 0.286. The van der Waals surface area contributed by atoms with Crippen LogP contribution in [0.1, 0.15) is 34.0 Å². The number of methoxy groups -OCH3 is 1. The van der Waals surface area contributed by atoms with E-state index in [1.807, 2.05) is 6.92 Å². The SMILES string of the molecule is COc1ccc(C2(C)NC(=O)N(CC(=O)c3ccc(F)c(C)c3)C2=O)cc1C. The number of rotatable bonds is 5. The number of nitrogens with one attached hydrogen (secondary N) is 1. The van der Waals surface area contributed by atoms with Crippen LogP contribution in [0.25, 0.3) is 0 Å². The first-order chi connectivity index (χ1) is 13.2. The van der Waals surface area contributed by atoms with Gasteiger partial charge in [0, 0.05) is 5.56 Å². The van der Waals surface area contributed by atoms with E-state index in [0.29, 0.717) is 16.9 Å². The Hall–Kier alpha value is -3.22. The Labute approximate surface area is 162 Å². The third-order valence-corrected chi connectivity index (χ3v) is 5.03. The Kier molecular flexibility index (Phi) is 4.93. The molecule has 146 valence electrons. The number of ketones is 1. The Balaban J connectivity index is 1.85. The molecule has 2 aromatic rings. The van der Waals surface area contributed by atoms with E-state index in [0.717, 1.165) is 10.5 Å². The molecule has 1 unspecified atom stereocenters. The van der Waals surface area contributed by atoms with Crippen molar-refractivity contribution in [1.82, 2.24) is 10.2 Å². The van der Waals surface area contributed by atoms with Gasteiger partial charge in [-0.15, -0.1) is 0 Å². The average molecular weight is 384 g/mol. The van der Waals surface area contributed by atoms with Crippen LogP contribution in [0.3, 0.4) is 0 Å². The number of nitrogens with zero attached hydrogens (tertiary/aromatic N) is 1. The summed E-state index contributed by atoms with van der Waals surface area (Å²) < 4.78 is 18.6. The summed E-state index contributed by atoms with van der Waals surface area (Å²) in [4.78, 5) is 38.8. The number of Topliss-reactive ketones (excluding diaryl/α,β-unsaturated/α-hetero) is 1. The average Bonchev–Trinajstić information content (AvgIpc) is 2.88. The largest absolute Gasteiger partial charge is 0.496 e. The van der Waals surface area contributed by atoms with Gasteiger partial charge in [0.25, 0.3) is 5.91 Å². The molecule has 3 amide bonds. The number of imide groups is 1. The Morgan fingerprint density at radius 2 is 1.86 bits per heavy atom. The fourth-order valence-corrected chi connectivity index (χ4v) is 3.28. The van der Waals surface area contributed by atoms with Gasteiger partial charge in [0.05, 0.1) is 13.7 Å². The van der Waals surface area contributed by atoms with Crippen LogP contribution in [0.4, 0.5) is 9.18 Å². The second kappa shape index (κ2) is 7.07. The van der Waals surface area contributed by atoms with Gasteiger partial charge in [-0.05, 0) is 67.8 Å². The van der Waals surface area contributed by atoms with E-state index in [1.165, 1.54) is 18.2 Å². The van der Waals surface area contributed by atoms with Gasteiger partial charge in [-0.3, -0.25) is 14.5 Å². The standard InChI is InChI=1S/C21H21FN2O4/c1-12-9-14(5-7-16(12)22)17(25)11-24-19(26)21(3,23-20(24)27)15-6-8-18(28-4)13(2)10-15/h5-10H,11H2,1-4H3,(H,23,27). The summed E-state index contributed by atoms with van der Waals surface area (Å²) in [6, 6.07) is 8.50. The van der Waals surface area contributed by atoms with Crippen molar-refractivity contribution in [2.24, 2.45) is 0 Å². The van der Waals surface area contributed by atoms with E-state index in [2.05, 4.69) is 5.32 Å². The lowest BCUT2D eigenvalue weighted by atomic mass is 9.90. The number of hydrogen-bond donors (Lipinski definition) is 1. The van der Waals surface area contributed by atoms with Crippen LogP contribution in [0.2, 0.25) is 0 Å². The van der Waals surface area contributed by atoms with Gasteiger partial charge >= 0.3 is 6.03 Å². The van der Waals surface area contributed by atoms with E-state index in [1.54, 1.807) is 39.2 Å². The highest BCUT2D eigenvalue weighted by Crippen LogP contribution is 2.31. The highest BCUT2D eigenvalue weighted by Gasteiger charge is 2.49. The highest BCUT2D eigenvalue weighted by molar-refractivity contribution is 6.11. The maximum Gasteiger partial charge on any atom is 0.325 e. The zero-order chi connectivity index (χ0) is 20.6. The molecule has 7 heteroatoms. The molecule has 2 aromatic carbocycles. The summed E-state index contributed by atoms with van der Waals surface area (Å²) in [6.45, 7) is 4.56. The van der Waals surface area contributed by atoms with Gasteiger partial charge in [-0.2, -0.15) is 0 Å². The molecular formula is C21H21FN2O4. The van der Waals surface area contributed by atoms with Crippen molar-refractivity contribution in [3.05, 3.63) is 64.5 Å². The van der Waals surface area contributed by atoms with Gasteiger partial charge in [0.2, 0.25) is 0 Å². The van der Waals surface area contributed by atoms with Crippen LogP contribution >= 0.6 is 0 Å². The maximum absolute atomic E-state index is 13.4. The van der Waals surface area contributed by atoms with E-state index in [9.17, 15) is 18.8 Å². The quantitative estimate of drug-likeness (QED) is 0.635. The lowest BCUT2D eigenvalue weighted by molar-refractivity contribution is -0.130. The van der Waals surface area contributed by atoms with E-state index in [-0.39, 0.29) is 5.56 Å². The Bertz CT molecular complexity index is 988. The summed E-state index contributed by atoms with van der Waals surface area (Å²) in [5.74, 6) is -0.715. The lowest BCUT2D eigenvalue weighted by Crippen LogP contribution is -2.41.